The van der Waals surface area contributed by atoms with E-state index in [1.54, 1.807) is 0 Å². The van der Waals surface area contributed by atoms with Gasteiger partial charge in [0, 0.05) is 30.2 Å². The number of aromatic hydroxyl groups is 1. The third-order valence-corrected chi connectivity index (χ3v) is 4.95. The predicted molar refractivity (Wildman–Crippen MR) is 102 cm³/mol. The largest absolute Gasteiger partial charge is 0.505 e. The molecule has 2 aromatic carbocycles. The molecule has 160 valence electrons. The van der Waals surface area contributed by atoms with Gasteiger partial charge in [-0.3, -0.25) is 14.6 Å². The Kier molecular flexibility index (Phi) is 5.00. The van der Waals surface area contributed by atoms with Crippen LogP contribution in [0.25, 0.3) is 10.9 Å². The number of phenols is 1. The van der Waals surface area contributed by atoms with Crippen LogP contribution in [0.4, 0.5) is 17.6 Å². The van der Waals surface area contributed by atoms with E-state index in [1.165, 1.54) is 47.5 Å². The zero-order chi connectivity index (χ0) is 22.3. The van der Waals surface area contributed by atoms with Crippen LogP contribution in [0.5, 0.6) is 5.75 Å². The molecular weight excluding hydrogens is 418 g/mol. The number of carbonyl (C=O) groups excluding carboxylic acids is 2. The highest BCUT2D eigenvalue weighted by molar-refractivity contribution is 6.15. The quantitative estimate of drug-likeness (QED) is 0.617. The first-order chi connectivity index (χ1) is 14.7. The molecule has 1 aliphatic rings. The number of nitrogens with zero attached hydrogens (tertiary/aromatic N) is 2. The van der Waals surface area contributed by atoms with Crippen molar-refractivity contribution in [3.8, 4) is 5.75 Å². The number of hydrogen-bond donors (Lipinski definition) is 2. The summed E-state index contributed by atoms with van der Waals surface area (Å²) in [6, 6.07) is 8.35. The highest BCUT2D eigenvalue weighted by atomic mass is 19.4. The summed E-state index contributed by atoms with van der Waals surface area (Å²) in [6.07, 6.45) is -3.28. The van der Waals surface area contributed by atoms with E-state index in [2.05, 4.69) is 4.98 Å². The van der Waals surface area contributed by atoms with Gasteiger partial charge in [0.2, 0.25) is 0 Å². The van der Waals surface area contributed by atoms with E-state index >= 15 is 0 Å². The van der Waals surface area contributed by atoms with E-state index in [-0.39, 0.29) is 40.7 Å². The second kappa shape index (κ2) is 7.53. The first kappa shape index (κ1) is 20.6. The van der Waals surface area contributed by atoms with E-state index in [1.807, 2.05) is 5.32 Å². The minimum absolute atomic E-state index is 0.0562. The van der Waals surface area contributed by atoms with Crippen LogP contribution in [0.3, 0.4) is 0 Å². The van der Waals surface area contributed by atoms with Gasteiger partial charge in [-0.25, -0.2) is 4.39 Å². The van der Waals surface area contributed by atoms with Gasteiger partial charge in [-0.1, -0.05) is 18.2 Å². The fraction of sp³-hybridized carbons (Fsp3) is 0.190. The standard InChI is InChI=1S/C21H15F4N3O3/c22-12-5-3-11(4-6-12)8-28-9-14-15(19(30)27-10-21(23,24)25)13-2-1-7-26-17(13)18(29)16(14)20(28)31/h1-7,29H,8-10H2,(H,27,30). The number of halogens is 4. The minimum atomic E-state index is -4.62. The predicted octanol–water partition coefficient (Wildman–Crippen LogP) is 3.53. The van der Waals surface area contributed by atoms with Gasteiger partial charge in [0.25, 0.3) is 11.8 Å². The van der Waals surface area contributed by atoms with Crippen LogP contribution in [-0.2, 0) is 13.1 Å². The molecule has 4 rings (SSSR count). The topological polar surface area (TPSA) is 82.5 Å². The Hall–Kier alpha value is -3.69. The first-order valence-corrected chi connectivity index (χ1v) is 9.17. The summed E-state index contributed by atoms with van der Waals surface area (Å²) in [6.45, 7) is -1.60. The van der Waals surface area contributed by atoms with Crippen LogP contribution >= 0.6 is 0 Å². The Morgan fingerprint density at radius 2 is 1.90 bits per heavy atom. The molecule has 0 unspecified atom stereocenters. The summed E-state index contributed by atoms with van der Waals surface area (Å²) >= 11 is 0. The van der Waals surface area contributed by atoms with Gasteiger partial charge < -0.3 is 15.3 Å². The number of hydrogen-bond acceptors (Lipinski definition) is 4. The highest BCUT2D eigenvalue weighted by Gasteiger charge is 2.37. The van der Waals surface area contributed by atoms with Crippen LogP contribution in [0, 0.1) is 5.82 Å². The van der Waals surface area contributed by atoms with Gasteiger partial charge >= 0.3 is 6.18 Å². The first-order valence-electron chi connectivity index (χ1n) is 9.17. The molecular formula is C21H15F4N3O3. The monoisotopic (exact) mass is 433 g/mol. The number of pyridine rings is 1. The molecule has 0 spiro atoms. The second-order valence-electron chi connectivity index (χ2n) is 7.06. The Morgan fingerprint density at radius 3 is 2.58 bits per heavy atom. The lowest BCUT2D eigenvalue weighted by atomic mass is 9.96. The number of fused-ring (bicyclic) bond motifs is 2. The minimum Gasteiger partial charge on any atom is -0.505 e. The van der Waals surface area contributed by atoms with E-state index in [0.717, 1.165) is 0 Å². The fourth-order valence-electron chi connectivity index (χ4n) is 3.62. The summed E-state index contributed by atoms with van der Waals surface area (Å²) in [4.78, 5) is 31.0. The second-order valence-corrected chi connectivity index (χ2v) is 7.06. The third kappa shape index (κ3) is 3.88. The molecule has 0 aliphatic carbocycles. The lowest BCUT2D eigenvalue weighted by Crippen LogP contribution is -2.34. The van der Waals surface area contributed by atoms with Gasteiger partial charge in [-0.2, -0.15) is 13.2 Å². The maximum Gasteiger partial charge on any atom is 0.405 e. The van der Waals surface area contributed by atoms with Crippen LogP contribution in [0.2, 0.25) is 0 Å². The maximum atomic E-state index is 13.2. The molecule has 10 heteroatoms. The number of aromatic nitrogens is 1. The molecule has 0 atom stereocenters. The SMILES string of the molecule is O=C(NCC(F)(F)F)c1c2c(c(O)c3ncccc13)C(=O)N(Cc1ccc(F)cc1)C2. The van der Waals surface area contributed by atoms with Crippen molar-refractivity contribution in [3.63, 3.8) is 0 Å². The van der Waals surface area contributed by atoms with Crippen LogP contribution < -0.4 is 5.32 Å². The summed E-state index contributed by atoms with van der Waals surface area (Å²) in [7, 11) is 0. The average molecular weight is 433 g/mol. The van der Waals surface area contributed by atoms with Crippen molar-refractivity contribution in [2.24, 2.45) is 0 Å². The van der Waals surface area contributed by atoms with Crippen molar-refractivity contribution in [2.75, 3.05) is 6.54 Å². The number of nitrogens with one attached hydrogen (secondary N) is 1. The zero-order valence-electron chi connectivity index (χ0n) is 15.8. The van der Waals surface area contributed by atoms with E-state index in [4.69, 9.17) is 0 Å². The van der Waals surface area contributed by atoms with Crippen molar-refractivity contribution >= 4 is 22.7 Å². The molecule has 31 heavy (non-hydrogen) atoms. The summed E-state index contributed by atoms with van der Waals surface area (Å²) < 4.78 is 51.0. The number of amides is 2. The van der Waals surface area contributed by atoms with Crippen molar-refractivity contribution < 1.29 is 32.3 Å². The molecule has 0 saturated carbocycles. The molecule has 1 aliphatic heterocycles. The number of alkyl halides is 3. The normalized spacial score (nSPS) is 13.5. The Morgan fingerprint density at radius 1 is 1.19 bits per heavy atom. The van der Waals surface area contributed by atoms with Crippen LogP contribution in [0.1, 0.15) is 31.8 Å². The van der Waals surface area contributed by atoms with Crippen molar-refractivity contribution in [2.45, 2.75) is 19.3 Å². The number of phenolic OH excluding ortho intramolecular Hbond substituents is 1. The third-order valence-electron chi connectivity index (χ3n) is 4.95. The van der Waals surface area contributed by atoms with E-state index in [9.17, 15) is 32.3 Å². The Labute approximate surface area is 173 Å². The van der Waals surface area contributed by atoms with Gasteiger partial charge in [0.1, 0.15) is 17.9 Å². The summed E-state index contributed by atoms with van der Waals surface area (Å²) in [5.74, 6) is -2.51. The molecule has 2 heterocycles. The molecule has 2 amide bonds. The van der Waals surface area contributed by atoms with E-state index in [0.29, 0.717) is 5.56 Å². The molecule has 3 aromatic rings. The Bertz CT molecular complexity index is 1190. The van der Waals surface area contributed by atoms with Gasteiger partial charge in [0.05, 0.1) is 11.1 Å². The average Bonchev–Trinajstić information content (AvgIpc) is 3.04. The van der Waals surface area contributed by atoms with Crippen molar-refractivity contribution in [1.82, 2.24) is 15.2 Å². The molecule has 2 N–H and O–H groups in total. The molecule has 0 fully saturated rings. The molecule has 0 bridgehead atoms. The van der Waals surface area contributed by atoms with Crippen molar-refractivity contribution in [3.05, 3.63) is 70.7 Å². The lowest BCUT2D eigenvalue weighted by molar-refractivity contribution is -0.123. The Balaban J connectivity index is 1.78. The number of rotatable bonds is 4. The highest BCUT2D eigenvalue weighted by Crippen LogP contribution is 2.40. The zero-order valence-corrected chi connectivity index (χ0v) is 15.8. The number of benzene rings is 2. The molecule has 0 saturated heterocycles. The van der Waals surface area contributed by atoms with Crippen LogP contribution in [0.15, 0.2) is 42.6 Å². The smallest absolute Gasteiger partial charge is 0.405 e. The summed E-state index contributed by atoms with van der Waals surface area (Å²) in [5.41, 5.74) is 0.341. The van der Waals surface area contributed by atoms with Crippen molar-refractivity contribution in [1.29, 1.82) is 0 Å². The summed E-state index contributed by atoms with van der Waals surface area (Å²) in [5, 5.41) is 12.6. The van der Waals surface area contributed by atoms with E-state index < -0.39 is 36.1 Å². The van der Waals surface area contributed by atoms with Gasteiger partial charge in [-0.15, -0.1) is 0 Å². The fourth-order valence-corrected chi connectivity index (χ4v) is 3.62. The maximum absolute atomic E-state index is 13.2. The molecule has 6 nitrogen and oxygen atoms in total. The lowest BCUT2D eigenvalue weighted by Gasteiger charge is -2.16. The van der Waals surface area contributed by atoms with Gasteiger partial charge in [0.15, 0.2) is 5.75 Å². The molecule has 0 radical (unpaired) electrons. The molecule has 1 aromatic heterocycles. The van der Waals surface area contributed by atoms with Gasteiger partial charge in [-0.05, 0) is 23.8 Å². The number of carbonyl (C=O) groups is 2. The van der Waals surface area contributed by atoms with Crippen LogP contribution in [-0.4, -0.2) is 39.5 Å².